The Hall–Kier alpha value is -1.39. The number of hydrogen-bond acceptors (Lipinski definition) is 3. The van der Waals surface area contributed by atoms with E-state index in [4.69, 9.17) is 0 Å². The molecule has 4 nitrogen and oxygen atoms in total. The van der Waals surface area contributed by atoms with Crippen molar-refractivity contribution in [2.45, 2.75) is 18.9 Å². The Kier molecular flexibility index (Phi) is 3.45. The summed E-state index contributed by atoms with van der Waals surface area (Å²) in [5, 5.41) is 12.2. The first kappa shape index (κ1) is 12.1. The van der Waals surface area contributed by atoms with Gasteiger partial charge in [0.15, 0.2) is 0 Å². The van der Waals surface area contributed by atoms with Crippen molar-refractivity contribution in [3.8, 4) is 0 Å². The Morgan fingerprint density at radius 3 is 2.82 bits per heavy atom. The molecule has 0 saturated carbocycles. The maximum Gasteiger partial charge on any atom is 0.224 e. The van der Waals surface area contributed by atoms with Gasteiger partial charge in [-0.25, -0.2) is 0 Å². The number of carbonyl (C=O) groups is 1. The molecule has 17 heavy (non-hydrogen) atoms. The number of aliphatic hydroxyl groups excluding tert-OH is 1. The van der Waals surface area contributed by atoms with Crippen molar-refractivity contribution in [3.63, 3.8) is 0 Å². The van der Waals surface area contributed by atoms with Crippen LogP contribution in [0.3, 0.4) is 0 Å². The molecule has 1 aliphatic heterocycles. The molecular formula is C13H18N2O2. The highest BCUT2D eigenvalue weighted by Crippen LogP contribution is 2.27. The highest BCUT2D eigenvalue weighted by molar-refractivity contribution is 5.93. The zero-order valence-corrected chi connectivity index (χ0v) is 10.2. The van der Waals surface area contributed by atoms with Crippen LogP contribution >= 0.6 is 0 Å². The van der Waals surface area contributed by atoms with Gasteiger partial charge >= 0.3 is 0 Å². The Morgan fingerprint density at radius 1 is 1.41 bits per heavy atom. The van der Waals surface area contributed by atoms with Crippen LogP contribution in [0.25, 0.3) is 0 Å². The molecule has 1 aromatic rings. The summed E-state index contributed by atoms with van der Waals surface area (Å²) in [6.45, 7) is 0.0954. The van der Waals surface area contributed by atoms with Crippen molar-refractivity contribution in [2.24, 2.45) is 0 Å². The summed E-state index contributed by atoms with van der Waals surface area (Å²) in [4.78, 5) is 13.2. The number of rotatable bonds is 3. The Balaban J connectivity index is 2.30. The summed E-state index contributed by atoms with van der Waals surface area (Å²) in [6.07, 6.45) is 1.32. The van der Waals surface area contributed by atoms with Gasteiger partial charge in [-0.2, -0.15) is 0 Å². The van der Waals surface area contributed by atoms with Crippen LogP contribution in [0.15, 0.2) is 18.2 Å². The lowest BCUT2D eigenvalue weighted by molar-refractivity contribution is -0.116. The van der Waals surface area contributed by atoms with Crippen LogP contribution in [0.4, 0.5) is 5.69 Å². The molecule has 2 rings (SSSR count). The van der Waals surface area contributed by atoms with Gasteiger partial charge < -0.3 is 15.3 Å². The molecule has 1 aromatic carbocycles. The first-order valence-corrected chi connectivity index (χ1v) is 5.82. The first-order valence-electron chi connectivity index (χ1n) is 5.82. The summed E-state index contributed by atoms with van der Waals surface area (Å²) < 4.78 is 0. The number of nitrogens with zero attached hydrogens (tertiary/aromatic N) is 1. The lowest BCUT2D eigenvalue weighted by atomic mass is 9.97. The number of benzene rings is 1. The standard InChI is InChI=1S/C13H18N2O2/c1-15(2)12(8-16)10-3-5-11-9(7-10)4-6-13(17)14-11/h3,5,7,12,16H,4,6,8H2,1-2H3,(H,14,17). The van der Waals surface area contributed by atoms with Crippen molar-refractivity contribution in [1.29, 1.82) is 0 Å². The second-order valence-electron chi connectivity index (χ2n) is 4.63. The zero-order valence-electron chi connectivity index (χ0n) is 10.2. The van der Waals surface area contributed by atoms with Gasteiger partial charge in [0, 0.05) is 12.1 Å². The predicted octanol–water partition coefficient (Wildman–Crippen LogP) is 1.17. The molecule has 0 bridgehead atoms. The van der Waals surface area contributed by atoms with Gasteiger partial charge in [0.1, 0.15) is 0 Å². The van der Waals surface area contributed by atoms with E-state index in [2.05, 4.69) is 11.4 Å². The molecule has 2 N–H and O–H groups in total. The number of nitrogens with one attached hydrogen (secondary N) is 1. The van der Waals surface area contributed by atoms with Crippen LogP contribution < -0.4 is 5.32 Å². The lowest BCUT2D eigenvalue weighted by Gasteiger charge is -2.25. The summed E-state index contributed by atoms with van der Waals surface area (Å²) in [7, 11) is 3.89. The van der Waals surface area contributed by atoms with Crippen LogP contribution in [-0.4, -0.2) is 36.6 Å². The fourth-order valence-corrected chi connectivity index (χ4v) is 2.18. The van der Waals surface area contributed by atoms with E-state index in [1.165, 1.54) is 0 Å². The zero-order chi connectivity index (χ0) is 12.4. The van der Waals surface area contributed by atoms with Crippen LogP contribution in [0.5, 0.6) is 0 Å². The van der Waals surface area contributed by atoms with Gasteiger partial charge in [0.2, 0.25) is 5.91 Å². The topological polar surface area (TPSA) is 52.6 Å². The number of anilines is 1. The molecule has 0 aliphatic carbocycles. The number of aryl methyl sites for hydroxylation is 1. The molecule has 4 heteroatoms. The normalized spacial score (nSPS) is 16.6. The Labute approximate surface area is 101 Å². The summed E-state index contributed by atoms with van der Waals surface area (Å²) in [6, 6.07) is 5.98. The van der Waals surface area contributed by atoms with Crippen molar-refractivity contribution in [1.82, 2.24) is 4.90 Å². The smallest absolute Gasteiger partial charge is 0.224 e. The monoisotopic (exact) mass is 234 g/mol. The molecule has 0 aromatic heterocycles. The largest absolute Gasteiger partial charge is 0.394 e. The SMILES string of the molecule is CN(C)C(CO)c1ccc2c(c1)CCC(=O)N2. The quantitative estimate of drug-likeness (QED) is 0.825. The minimum Gasteiger partial charge on any atom is -0.394 e. The molecule has 1 unspecified atom stereocenters. The number of amides is 1. The summed E-state index contributed by atoms with van der Waals surface area (Å²) in [5.74, 6) is 0.0802. The van der Waals surface area contributed by atoms with Crippen molar-refractivity contribution in [3.05, 3.63) is 29.3 Å². The van der Waals surface area contributed by atoms with Crippen LogP contribution in [0.1, 0.15) is 23.6 Å². The fourth-order valence-electron chi connectivity index (χ4n) is 2.18. The molecule has 1 atom stereocenters. The van der Waals surface area contributed by atoms with Crippen molar-refractivity contribution >= 4 is 11.6 Å². The third-order valence-electron chi connectivity index (χ3n) is 3.21. The van der Waals surface area contributed by atoms with E-state index in [0.717, 1.165) is 23.2 Å². The summed E-state index contributed by atoms with van der Waals surface area (Å²) >= 11 is 0. The van der Waals surface area contributed by atoms with Crippen LogP contribution in [-0.2, 0) is 11.2 Å². The molecule has 0 radical (unpaired) electrons. The van der Waals surface area contributed by atoms with Gasteiger partial charge in [0.05, 0.1) is 12.6 Å². The molecule has 92 valence electrons. The van der Waals surface area contributed by atoms with Gasteiger partial charge in [0.25, 0.3) is 0 Å². The van der Waals surface area contributed by atoms with Gasteiger partial charge in [-0.05, 0) is 37.7 Å². The summed E-state index contributed by atoms with van der Waals surface area (Å²) in [5.41, 5.74) is 3.15. The van der Waals surface area contributed by atoms with E-state index < -0.39 is 0 Å². The Bertz CT molecular complexity index is 429. The van der Waals surface area contributed by atoms with E-state index in [1.54, 1.807) is 0 Å². The van der Waals surface area contributed by atoms with Gasteiger partial charge in [-0.3, -0.25) is 4.79 Å². The van der Waals surface area contributed by atoms with Crippen LogP contribution in [0, 0.1) is 0 Å². The fraction of sp³-hybridized carbons (Fsp3) is 0.462. The minimum absolute atomic E-state index is 0.0120. The number of carbonyl (C=O) groups excluding carboxylic acids is 1. The maximum atomic E-state index is 11.2. The van der Waals surface area contributed by atoms with Crippen molar-refractivity contribution in [2.75, 3.05) is 26.0 Å². The predicted molar refractivity (Wildman–Crippen MR) is 66.9 cm³/mol. The van der Waals surface area contributed by atoms with E-state index in [-0.39, 0.29) is 18.6 Å². The highest BCUT2D eigenvalue weighted by atomic mass is 16.3. The average Bonchev–Trinajstić information content (AvgIpc) is 2.29. The molecular weight excluding hydrogens is 216 g/mol. The molecule has 0 fully saturated rings. The highest BCUT2D eigenvalue weighted by Gasteiger charge is 2.18. The third-order valence-corrected chi connectivity index (χ3v) is 3.21. The third kappa shape index (κ3) is 2.48. The maximum absolute atomic E-state index is 11.2. The number of likely N-dealkylation sites (N-methyl/N-ethyl adjacent to an activating group) is 1. The lowest BCUT2D eigenvalue weighted by Crippen LogP contribution is -2.24. The van der Waals surface area contributed by atoms with Gasteiger partial charge in [-0.1, -0.05) is 12.1 Å². The first-order chi connectivity index (χ1) is 8.11. The Morgan fingerprint density at radius 2 is 2.18 bits per heavy atom. The van der Waals surface area contributed by atoms with E-state index in [9.17, 15) is 9.90 Å². The second kappa shape index (κ2) is 4.85. The molecule has 0 spiro atoms. The van der Waals surface area contributed by atoms with Crippen LogP contribution in [0.2, 0.25) is 0 Å². The van der Waals surface area contributed by atoms with E-state index >= 15 is 0 Å². The van der Waals surface area contributed by atoms with E-state index in [0.29, 0.717) is 6.42 Å². The van der Waals surface area contributed by atoms with Gasteiger partial charge in [-0.15, -0.1) is 0 Å². The number of fused-ring (bicyclic) bond motifs is 1. The molecule has 1 amide bonds. The van der Waals surface area contributed by atoms with E-state index in [1.807, 2.05) is 31.1 Å². The molecule has 0 saturated heterocycles. The molecule has 1 aliphatic rings. The number of hydrogen-bond donors (Lipinski definition) is 2. The van der Waals surface area contributed by atoms with Crippen molar-refractivity contribution < 1.29 is 9.90 Å². The average molecular weight is 234 g/mol. The number of aliphatic hydroxyl groups is 1. The second-order valence-corrected chi connectivity index (χ2v) is 4.63. The minimum atomic E-state index is 0.0120. The molecule has 1 heterocycles.